The number of aliphatic imine (C=N–C) groups is 1. The normalized spacial score (nSPS) is 17.2. The molecule has 0 saturated carbocycles. The van der Waals surface area contributed by atoms with Crippen molar-refractivity contribution < 1.29 is 14.3 Å². The molecule has 2 aliphatic rings. The maximum absolute atomic E-state index is 13.3. The molecule has 0 radical (unpaired) electrons. The van der Waals surface area contributed by atoms with E-state index in [1.54, 1.807) is 23.9 Å². The van der Waals surface area contributed by atoms with Crippen molar-refractivity contribution in [2.75, 3.05) is 59.2 Å². The number of benzene rings is 1. The van der Waals surface area contributed by atoms with E-state index in [2.05, 4.69) is 68.9 Å². The zero-order valence-corrected chi connectivity index (χ0v) is 23.4. The van der Waals surface area contributed by atoms with Gasteiger partial charge in [0.2, 0.25) is 0 Å². The molecular formula is C28H39FN6O2S. The minimum atomic E-state index is -0.748. The molecule has 1 saturated heterocycles. The van der Waals surface area contributed by atoms with Crippen molar-refractivity contribution in [3.63, 3.8) is 0 Å². The van der Waals surface area contributed by atoms with Crippen molar-refractivity contribution in [3.05, 3.63) is 76.6 Å². The first-order chi connectivity index (χ1) is 18.4. The summed E-state index contributed by atoms with van der Waals surface area (Å²) < 4.78 is 13.3. The van der Waals surface area contributed by atoms with E-state index < -0.39 is 5.97 Å². The van der Waals surface area contributed by atoms with Crippen LogP contribution in [-0.2, 0) is 4.79 Å². The number of piperazine rings is 1. The van der Waals surface area contributed by atoms with Gasteiger partial charge in [0.1, 0.15) is 11.6 Å². The van der Waals surface area contributed by atoms with E-state index in [1.165, 1.54) is 12.1 Å². The maximum Gasteiger partial charge on any atom is 0.304 e. The SMILES string of the molecule is C=N/C(=C\SCN(C)/C(=C(\CC)NC)N1C=C(N2CCN(CCC(=O)O)CC2)C=CC1)c1ccc(F)cc1. The summed E-state index contributed by atoms with van der Waals surface area (Å²) in [6.07, 6.45) is 7.61. The number of thioether (sulfide) groups is 1. The Bertz CT molecular complexity index is 1070. The van der Waals surface area contributed by atoms with E-state index in [4.69, 9.17) is 5.11 Å². The van der Waals surface area contributed by atoms with Crippen LogP contribution in [0.1, 0.15) is 25.3 Å². The number of hydrogen-bond acceptors (Lipinski definition) is 8. The third kappa shape index (κ3) is 8.13. The van der Waals surface area contributed by atoms with Gasteiger partial charge in [0.25, 0.3) is 0 Å². The number of rotatable bonds is 13. The number of nitrogens with one attached hydrogen (secondary N) is 1. The standard InChI is InChI=1S/C28H39FN6O2S/c1-5-25(30-2)28(32(4)21-38-20-26(31-3)22-8-10-23(29)11-9-22)35-13-6-7-24(19-35)34-17-15-33(16-18-34)14-12-27(36)37/h6-11,19-20,30H,3,5,12-18,21H2,1-2,4H3,(H,36,37)/b26-20-,28-25-. The Labute approximate surface area is 229 Å². The molecule has 38 heavy (non-hydrogen) atoms. The van der Waals surface area contributed by atoms with Crippen molar-refractivity contribution in [2.24, 2.45) is 4.99 Å². The molecule has 2 aliphatic heterocycles. The molecule has 0 bridgehead atoms. The van der Waals surface area contributed by atoms with Crippen molar-refractivity contribution in [2.45, 2.75) is 19.8 Å². The number of allylic oxidation sites excluding steroid dienone is 2. The summed E-state index contributed by atoms with van der Waals surface area (Å²) in [6.45, 7) is 10.6. The van der Waals surface area contributed by atoms with Gasteiger partial charge in [-0.15, -0.1) is 11.8 Å². The largest absolute Gasteiger partial charge is 0.481 e. The average Bonchev–Trinajstić information content (AvgIpc) is 2.93. The van der Waals surface area contributed by atoms with Crippen LogP contribution in [0.5, 0.6) is 0 Å². The first-order valence-electron chi connectivity index (χ1n) is 12.9. The van der Waals surface area contributed by atoms with E-state index in [0.29, 0.717) is 18.1 Å². The van der Waals surface area contributed by atoms with Crippen LogP contribution in [0.3, 0.4) is 0 Å². The third-order valence-electron chi connectivity index (χ3n) is 6.59. The molecule has 2 heterocycles. The molecule has 0 atom stereocenters. The van der Waals surface area contributed by atoms with Gasteiger partial charge in [0, 0.05) is 65.1 Å². The summed E-state index contributed by atoms with van der Waals surface area (Å²) in [6, 6.07) is 6.27. The number of carboxylic acid groups (broad SMARTS) is 1. The minimum absolute atomic E-state index is 0.183. The zero-order chi connectivity index (χ0) is 27.5. The Kier molecular flexibility index (Phi) is 11.3. The monoisotopic (exact) mass is 542 g/mol. The molecule has 2 N–H and O–H groups in total. The molecule has 0 unspecified atom stereocenters. The number of aliphatic carboxylic acids is 1. The molecule has 0 aromatic heterocycles. The summed E-state index contributed by atoms with van der Waals surface area (Å²) in [5.74, 6) is 0.767. The number of nitrogens with zero attached hydrogens (tertiary/aromatic N) is 5. The summed E-state index contributed by atoms with van der Waals surface area (Å²) >= 11 is 1.61. The van der Waals surface area contributed by atoms with E-state index >= 15 is 0 Å². The Balaban J connectivity index is 1.70. The van der Waals surface area contributed by atoms with Gasteiger partial charge in [-0.1, -0.05) is 13.0 Å². The molecular weight excluding hydrogens is 503 g/mol. The highest BCUT2D eigenvalue weighted by molar-refractivity contribution is 8.02. The second-order valence-corrected chi connectivity index (χ2v) is 9.98. The van der Waals surface area contributed by atoms with E-state index in [1.807, 2.05) is 12.5 Å². The molecule has 0 aliphatic carbocycles. The van der Waals surface area contributed by atoms with Gasteiger partial charge in [-0.2, -0.15) is 0 Å². The van der Waals surface area contributed by atoms with E-state index in [-0.39, 0.29) is 12.2 Å². The van der Waals surface area contributed by atoms with Crippen LogP contribution in [0.4, 0.5) is 4.39 Å². The summed E-state index contributed by atoms with van der Waals surface area (Å²) in [4.78, 5) is 24.1. The fourth-order valence-electron chi connectivity index (χ4n) is 4.54. The number of halogens is 1. The lowest BCUT2D eigenvalue weighted by Crippen LogP contribution is -2.46. The Morgan fingerprint density at radius 3 is 2.58 bits per heavy atom. The van der Waals surface area contributed by atoms with Crippen LogP contribution >= 0.6 is 11.8 Å². The first kappa shape index (κ1) is 29.3. The second kappa shape index (κ2) is 14.6. The van der Waals surface area contributed by atoms with E-state index in [9.17, 15) is 9.18 Å². The minimum Gasteiger partial charge on any atom is -0.481 e. The predicted molar refractivity (Wildman–Crippen MR) is 155 cm³/mol. The molecule has 1 fully saturated rings. The lowest BCUT2D eigenvalue weighted by molar-refractivity contribution is -0.137. The van der Waals surface area contributed by atoms with Gasteiger partial charge < -0.3 is 25.1 Å². The number of carboxylic acids is 1. The lowest BCUT2D eigenvalue weighted by Gasteiger charge is -2.39. The maximum atomic E-state index is 13.3. The van der Waals surface area contributed by atoms with Crippen molar-refractivity contribution in [1.29, 1.82) is 0 Å². The molecule has 3 rings (SSSR count). The average molecular weight is 543 g/mol. The highest BCUT2D eigenvalue weighted by Gasteiger charge is 2.23. The summed E-state index contributed by atoms with van der Waals surface area (Å²) in [7, 11) is 4.03. The van der Waals surface area contributed by atoms with Crippen molar-refractivity contribution in [3.8, 4) is 0 Å². The van der Waals surface area contributed by atoms with Crippen LogP contribution < -0.4 is 5.32 Å². The summed E-state index contributed by atoms with van der Waals surface area (Å²) in [5, 5.41) is 14.3. The Morgan fingerprint density at radius 2 is 1.97 bits per heavy atom. The highest BCUT2D eigenvalue weighted by atomic mass is 32.2. The predicted octanol–water partition coefficient (Wildman–Crippen LogP) is 4.05. The quantitative estimate of drug-likeness (QED) is 0.286. The first-order valence-corrected chi connectivity index (χ1v) is 13.9. The van der Waals surface area contributed by atoms with Crippen LogP contribution in [0.2, 0.25) is 0 Å². The highest BCUT2D eigenvalue weighted by Crippen LogP contribution is 2.26. The zero-order valence-electron chi connectivity index (χ0n) is 22.6. The van der Waals surface area contributed by atoms with Gasteiger partial charge >= 0.3 is 5.97 Å². The molecule has 10 heteroatoms. The lowest BCUT2D eigenvalue weighted by atomic mass is 10.2. The molecule has 0 spiro atoms. The van der Waals surface area contributed by atoms with Crippen LogP contribution in [0.25, 0.3) is 5.70 Å². The van der Waals surface area contributed by atoms with Crippen molar-refractivity contribution >= 4 is 30.1 Å². The van der Waals surface area contributed by atoms with Crippen LogP contribution in [0, 0.1) is 5.82 Å². The molecule has 1 aromatic carbocycles. The fourth-order valence-corrected chi connectivity index (χ4v) is 5.33. The Morgan fingerprint density at radius 1 is 1.26 bits per heavy atom. The Hall–Kier alpha value is -3.24. The van der Waals surface area contributed by atoms with Gasteiger partial charge in [-0.25, -0.2) is 4.39 Å². The molecule has 206 valence electrons. The van der Waals surface area contributed by atoms with Crippen LogP contribution in [-0.4, -0.2) is 96.6 Å². The molecule has 0 amide bonds. The number of carbonyl (C=O) groups is 1. The second-order valence-electron chi connectivity index (χ2n) is 9.15. The van der Waals surface area contributed by atoms with Gasteiger partial charge in [0.15, 0.2) is 0 Å². The number of hydrogen-bond donors (Lipinski definition) is 2. The van der Waals surface area contributed by atoms with Gasteiger partial charge in [-0.3, -0.25) is 14.7 Å². The topological polar surface area (TPSA) is 74.7 Å². The smallest absolute Gasteiger partial charge is 0.304 e. The van der Waals surface area contributed by atoms with Gasteiger partial charge in [0.05, 0.1) is 29.4 Å². The summed E-state index contributed by atoms with van der Waals surface area (Å²) in [5.41, 5.74) is 3.84. The third-order valence-corrected chi connectivity index (χ3v) is 7.52. The fraction of sp³-hybridized carbons (Fsp3) is 0.429. The van der Waals surface area contributed by atoms with Gasteiger partial charge in [-0.05, 0) is 48.9 Å². The van der Waals surface area contributed by atoms with Crippen LogP contribution in [0.15, 0.2) is 70.2 Å². The molecule has 8 nitrogen and oxygen atoms in total. The molecule has 1 aromatic rings. The van der Waals surface area contributed by atoms with Crippen molar-refractivity contribution in [1.82, 2.24) is 24.9 Å². The van der Waals surface area contributed by atoms with E-state index in [0.717, 1.165) is 61.9 Å².